The summed E-state index contributed by atoms with van der Waals surface area (Å²) in [5.41, 5.74) is 0. The van der Waals surface area contributed by atoms with Crippen molar-refractivity contribution >= 4 is 45.5 Å². The molecular weight excluding hydrogens is 216 g/mol. The molecule has 0 aliphatic heterocycles. The molecule has 1 nitrogen and oxygen atoms in total. The highest BCUT2D eigenvalue weighted by atomic mass is 79.9. The molecule has 0 aliphatic rings. The lowest BCUT2D eigenvalue weighted by Crippen LogP contribution is -2.05. The summed E-state index contributed by atoms with van der Waals surface area (Å²) in [5, 5.41) is 2.39. The van der Waals surface area contributed by atoms with E-state index in [0.29, 0.717) is 0 Å². The first kappa shape index (κ1) is 7.64. The Kier molecular flexibility index (Phi) is 2.20. The van der Waals surface area contributed by atoms with Crippen molar-refractivity contribution in [3.05, 3.63) is 30.7 Å². The quantitative estimate of drug-likeness (QED) is 0.672. The molecule has 11 heavy (non-hydrogen) atoms. The van der Waals surface area contributed by atoms with E-state index in [1.54, 1.807) is 12.5 Å². The van der Waals surface area contributed by atoms with Gasteiger partial charge < -0.3 is 4.42 Å². The van der Waals surface area contributed by atoms with E-state index in [1.165, 1.54) is 14.5 Å². The minimum atomic E-state index is -0.205. The number of benzene rings is 1. The second-order valence-corrected chi connectivity index (χ2v) is 5.23. The van der Waals surface area contributed by atoms with Crippen LogP contribution in [0.25, 0.3) is 10.8 Å². The zero-order chi connectivity index (χ0) is 7.68. The first-order valence-corrected chi connectivity index (χ1v) is 8.01. The molecule has 0 spiro atoms. The maximum atomic E-state index is 5.06. The van der Waals surface area contributed by atoms with Gasteiger partial charge in [-0.1, -0.05) is 18.2 Å². The molecule has 0 saturated heterocycles. The Morgan fingerprint density at radius 3 is 2.82 bits per heavy atom. The third kappa shape index (κ3) is 1.45. The minimum absolute atomic E-state index is 0.205. The topological polar surface area (TPSA) is 13.1 Å². The molecular formula is C8H5BrMgO. The van der Waals surface area contributed by atoms with Crippen molar-refractivity contribution in [3.8, 4) is 0 Å². The highest BCUT2D eigenvalue weighted by Gasteiger charge is 1.98. The monoisotopic (exact) mass is 220 g/mol. The van der Waals surface area contributed by atoms with Crippen LogP contribution in [0, 0.1) is 0 Å². The molecule has 1 heterocycles. The smallest absolute Gasteiger partial charge is 0.471 e. The molecule has 0 saturated carbocycles. The normalized spacial score (nSPS) is 9.91. The summed E-state index contributed by atoms with van der Waals surface area (Å²) < 4.78 is 6.48. The summed E-state index contributed by atoms with van der Waals surface area (Å²) in [6.45, 7) is 0. The van der Waals surface area contributed by atoms with Crippen LogP contribution in [0.5, 0.6) is 0 Å². The van der Waals surface area contributed by atoms with Gasteiger partial charge in [0.2, 0.25) is 0 Å². The average Bonchev–Trinajstić information content (AvgIpc) is 2.50. The lowest BCUT2D eigenvalue weighted by molar-refractivity contribution is 0.572. The summed E-state index contributed by atoms with van der Waals surface area (Å²) in [6, 6.07) is 6.43. The van der Waals surface area contributed by atoms with E-state index in [9.17, 15) is 0 Å². The number of hydrogen-bond donors (Lipinski definition) is 0. The van der Waals surface area contributed by atoms with Gasteiger partial charge in [-0.05, 0) is 0 Å². The number of hydrogen-bond acceptors (Lipinski definition) is 1. The van der Waals surface area contributed by atoms with Crippen molar-refractivity contribution in [2.75, 3.05) is 0 Å². The average molecular weight is 221 g/mol. The van der Waals surface area contributed by atoms with Crippen molar-refractivity contribution in [3.63, 3.8) is 0 Å². The maximum absolute atomic E-state index is 5.06. The van der Waals surface area contributed by atoms with Gasteiger partial charge in [0.25, 0.3) is 0 Å². The molecule has 0 radical (unpaired) electrons. The zero-order valence-corrected chi connectivity index (χ0v) is 8.88. The predicted molar refractivity (Wildman–Crippen MR) is 50.5 cm³/mol. The third-order valence-electron chi connectivity index (χ3n) is 1.70. The molecule has 3 heteroatoms. The van der Waals surface area contributed by atoms with Gasteiger partial charge in [0.15, 0.2) is 0 Å². The van der Waals surface area contributed by atoms with Crippen LogP contribution in [-0.4, -0.2) is 18.2 Å². The molecule has 1 aromatic carbocycles. The largest absolute Gasteiger partial charge is 0.506 e. The SMILES string of the molecule is [Br][Mg][c]1ccc2cocc2c1. The highest BCUT2D eigenvalue weighted by molar-refractivity contribution is 9.23. The van der Waals surface area contributed by atoms with Gasteiger partial charge >= 0.3 is 18.2 Å². The van der Waals surface area contributed by atoms with E-state index in [0.717, 1.165) is 0 Å². The molecule has 0 atom stereocenters. The van der Waals surface area contributed by atoms with E-state index >= 15 is 0 Å². The van der Waals surface area contributed by atoms with Crippen LogP contribution in [0.2, 0.25) is 0 Å². The van der Waals surface area contributed by atoms with Crippen LogP contribution >= 0.6 is 12.9 Å². The Balaban J connectivity index is 2.67. The molecule has 52 valence electrons. The minimum Gasteiger partial charge on any atom is -0.471 e. The maximum Gasteiger partial charge on any atom is 0.506 e. The van der Waals surface area contributed by atoms with E-state index in [4.69, 9.17) is 4.42 Å². The second kappa shape index (κ2) is 3.17. The van der Waals surface area contributed by atoms with Crippen LogP contribution in [0.1, 0.15) is 0 Å². The Morgan fingerprint density at radius 2 is 2.00 bits per heavy atom. The summed E-state index contributed by atoms with van der Waals surface area (Å²) in [5.74, 6) is 0. The van der Waals surface area contributed by atoms with E-state index in [-0.39, 0.29) is 18.2 Å². The number of halogens is 1. The van der Waals surface area contributed by atoms with Crippen LogP contribution < -0.4 is 3.69 Å². The lowest BCUT2D eigenvalue weighted by Gasteiger charge is -1.92. The van der Waals surface area contributed by atoms with Crippen molar-refractivity contribution in [2.24, 2.45) is 0 Å². The van der Waals surface area contributed by atoms with Crippen molar-refractivity contribution in [1.82, 2.24) is 0 Å². The van der Waals surface area contributed by atoms with E-state index in [1.807, 2.05) is 0 Å². The van der Waals surface area contributed by atoms with Gasteiger partial charge in [0.1, 0.15) is 0 Å². The zero-order valence-electron chi connectivity index (χ0n) is 5.88. The van der Waals surface area contributed by atoms with Crippen LogP contribution in [0.15, 0.2) is 35.1 Å². The first-order chi connectivity index (χ1) is 5.40. The lowest BCUT2D eigenvalue weighted by atomic mass is 10.2. The summed E-state index contributed by atoms with van der Waals surface area (Å²) >= 11 is 3.34. The van der Waals surface area contributed by atoms with Gasteiger partial charge in [-0.15, -0.1) is 0 Å². The summed E-state index contributed by atoms with van der Waals surface area (Å²) in [6.07, 6.45) is 3.56. The van der Waals surface area contributed by atoms with Crippen molar-refractivity contribution < 1.29 is 4.42 Å². The van der Waals surface area contributed by atoms with Gasteiger partial charge in [0.05, 0.1) is 12.5 Å². The number of rotatable bonds is 1. The highest BCUT2D eigenvalue weighted by Crippen LogP contribution is 2.12. The van der Waals surface area contributed by atoms with Crippen LogP contribution in [0.4, 0.5) is 0 Å². The predicted octanol–water partition coefficient (Wildman–Crippen LogP) is 2.07. The fourth-order valence-electron chi connectivity index (χ4n) is 1.10. The van der Waals surface area contributed by atoms with Gasteiger partial charge in [-0.25, -0.2) is 0 Å². The van der Waals surface area contributed by atoms with Gasteiger partial charge in [0, 0.05) is 10.8 Å². The molecule has 0 N–H and O–H groups in total. The van der Waals surface area contributed by atoms with Gasteiger partial charge in [-0.3, -0.25) is 12.9 Å². The fraction of sp³-hybridized carbons (Fsp3) is 0. The van der Waals surface area contributed by atoms with Crippen LogP contribution in [-0.2, 0) is 0 Å². The fourth-order valence-corrected chi connectivity index (χ4v) is 2.65. The Morgan fingerprint density at radius 1 is 1.18 bits per heavy atom. The Hall–Kier alpha value is 0.00623. The molecule has 0 amide bonds. The summed E-state index contributed by atoms with van der Waals surface area (Å²) in [7, 11) is 0. The Labute approximate surface area is 80.4 Å². The molecule has 0 fully saturated rings. The molecule has 2 rings (SSSR count). The van der Waals surface area contributed by atoms with Gasteiger partial charge in [-0.2, -0.15) is 3.69 Å². The van der Waals surface area contributed by atoms with E-state index in [2.05, 4.69) is 31.1 Å². The standard InChI is InChI=1S/C8H5O.BrH.Mg/c1-2-4-8-6-9-5-7(8)3-1;;/h1,3-6H;1H;/q;;+1/p-1. The first-order valence-electron chi connectivity index (χ1n) is 3.41. The molecule has 0 bridgehead atoms. The Bertz CT molecular complexity index is 369. The van der Waals surface area contributed by atoms with Crippen LogP contribution in [0.3, 0.4) is 0 Å². The summed E-state index contributed by atoms with van der Waals surface area (Å²) in [4.78, 5) is 0. The molecule has 2 aromatic rings. The third-order valence-corrected chi connectivity index (χ3v) is 4.39. The second-order valence-electron chi connectivity index (χ2n) is 2.47. The molecule has 0 unspecified atom stereocenters. The van der Waals surface area contributed by atoms with Crippen molar-refractivity contribution in [2.45, 2.75) is 0 Å². The molecule has 0 aliphatic carbocycles. The molecule has 1 aromatic heterocycles. The number of furan rings is 1. The van der Waals surface area contributed by atoms with E-state index < -0.39 is 0 Å². The number of fused-ring (bicyclic) bond motifs is 1. The van der Waals surface area contributed by atoms with Crippen molar-refractivity contribution in [1.29, 1.82) is 0 Å².